The molecule has 1 fully saturated rings. The van der Waals surface area contributed by atoms with Crippen LogP contribution in [0.1, 0.15) is 43.7 Å². The van der Waals surface area contributed by atoms with Gasteiger partial charge in [-0.3, -0.25) is 9.42 Å². The predicted octanol–water partition coefficient (Wildman–Crippen LogP) is 5.37. The Bertz CT molecular complexity index is 2110. The molecule has 5 aromatic rings. The van der Waals surface area contributed by atoms with Crippen LogP contribution in [0.25, 0.3) is 11.3 Å². The molecule has 2 aromatic heterocycles. The zero-order valence-corrected chi connectivity index (χ0v) is 28.9. The quantitative estimate of drug-likeness (QED) is 0.105. The molecule has 256 valence electrons. The summed E-state index contributed by atoms with van der Waals surface area (Å²) in [7, 11) is -4.27. The molecule has 1 aliphatic rings. The lowest BCUT2D eigenvalue weighted by Gasteiger charge is -2.32. The lowest BCUT2D eigenvalue weighted by atomic mass is 10.0. The van der Waals surface area contributed by atoms with Gasteiger partial charge >= 0.3 is 10.9 Å². The third-order valence-corrected chi connectivity index (χ3v) is 10.7. The van der Waals surface area contributed by atoms with E-state index in [4.69, 9.17) is 14.7 Å². The normalized spacial score (nSPS) is 13.6. The Labute approximate surface area is 293 Å². The number of carbonyl (C=O) groups excluding carboxylic acids is 1. The number of hydrogen-bond donors (Lipinski definition) is 1. The van der Waals surface area contributed by atoms with E-state index in [0.29, 0.717) is 54.2 Å². The average Bonchev–Trinajstić information content (AvgIpc) is 3.51. The van der Waals surface area contributed by atoms with Crippen LogP contribution in [0, 0.1) is 16.5 Å². The lowest BCUT2D eigenvalue weighted by molar-refractivity contribution is -0.832. The number of carbonyl (C=O) groups is 1. The molecule has 0 bridgehead atoms. The SMILES string of the molecule is CC(C)c1ccc(NC(=O)CSc2nc(-c3ccccc3)c(C#N)c(N3CCC(Oc4no[n+]([O-])c4S(=O)(=O)c4ccccc4)CC3)n2)cc1. The highest BCUT2D eigenvalue weighted by Crippen LogP contribution is 2.33. The number of piperidine rings is 1. The number of rotatable bonds is 11. The smallest absolute Gasteiger partial charge is 0.415 e. The van der Waals surface area contributed by atoms with Crippen molar-refractivity contribution in [1.29, 1.82) is 5.26 Å². The van der Waals surface area contributed by atoms with E-state index in [2.05, 4.69) is 35.0 Å². The van der Waals surface area contributed by atoms with E-state index in [-0.39, 0.29) is 27.0 Å². The van der Waals surface area contributed by atoms with Crippen LogP contribution in [0.4, 0.5) is 11.5 Å². The van der Waals surface area contributed by atoms with Crippen molar-refractivity contribution in [1.82, 2.24) is 15.1 Å². The Morgan fingerprint density at radius 3 is 2.36 bits per heavy atom. The van der Waals surface area contributed by atoms with E-state index >= 15 is 0 Å². The summed E-state index contributed by atoms with van der Waals surface area (Å²) >= 11 is 1.17. The highest BCUT2D eigenvalue weighted by molar-refractivity contribution is 7.99. The van der Waals surface area contributed by atoms with Gasteiger partial charge in [-0.2, -0.15) is 5.26 Å². The number of nitrogens with zero attached hydrogens (tertiary/aromatic N) is 6. The van der Waals surface area contributed by atoms with Gasteiger partial charge in [0.25, 0.3) is 9.84 Å². The van der Waals surface area contributed by atoms with E-state index in [0.717, 1.165) is 5.56 Å². The third-order valence-electron chi connectivity index (χ3n) is 8.10. The highest BCUT2D eigenvalue weighted by atomic mass is 32.2. The summed E-state index contributed by atoms with van der Waals surface area (Å²) in [5.41, 5.74) is 3.33. The van der Waals surface area contributed by atoms with Crippen LogP contribution in [0.3, 0.4) is 0 Å². The van der Waals surface area contributed by atoms with Crippen molar-refractivity contribution in [3.63, 3.8) is 0 Å². The minimum atomic E-state index is -4.27. The zero-order chi connectivity index (χ0) is 35.3. The van der Waals surface area contributed by atoms with Gasteiger partial charge in [-0.05, 0) is 40.6 Å². The number of nitrogens with one attached hydrogen (secondary N) is 1. The van der Waals surface area contributed by atoms with Crippen molar-refractivity contribution in [2.45, 2.75) is 53.8 Å². The van der Waals surface area contributed by atoms with Gasteiger partial charge in [-0.15, -0.1) is 0 Å². The molecule has 0 aliphatic carbocycles. The Morgan fingerprint density at radius 1 is 1.06 bits per heavy atom. The van der Waals surface area contributed by atoms with E-state index in [9.17, 15) is 23.7 Å². The zero-order valence-electron chi connectivity index (χ0n) is 27.2. The number of sulfone groups is 1. The molecular weight excluding hydrogens is 679 g/mol. The highest BCUT2D eigenvalue weighted by Gasteiger charge is 2.38. The maximum Gasteiger partial charge on any atom is 0.415 e. The molecule has 1 amide bonds. The second-order valence-electron chi connectivity index (χ2n) is 11.8. The van der Waals surface area contributed by atoms with Crippen LogP contribution < -0.4 is 19.9 Å². The number of aromatic nitrogens is 4. The minimum absolute atomic E-state index is 0.0487. The lowest BCUT2D eigenvalue weighted by Crippen LogP contribution is -2.39. The van der Waals surface area contributed by atoms with Gasteiger partial charge in [0.05, 0.1) is 21.5 Å². The number of hydrogen-bond acceptors (Lipinski definition) is 12. The Balaban J connectivity index is 1.19. The first kappa shape index (κ1) is 34.4. The summed E-state index contributed by atoms with van der Waals surface area (Å²) in [6, 6.07) is 26.8. The van der Waals surface area contributed by atoms with E-state index in [1.165, 1.54) is 29.5 Å². The number of thioether (sulfide) groups is 1. The summed E-state index contributed by atoms with van der Waals surface area (Å²) in [6.45, 7) is 4.99. The number of nitriles is 1. The van der Waals surface area contributed by atoms with Crippen LogP contribution in [-0.2, 0) is 14.6 Å². The number of benzene rings is 3. The minimum Gasteiger partial charge on any atom is -0.451 e. The molecule has 0 spiro atoms. The maximum absolute atomic E-state index is 13.2. The van der Waals surface area contributed by atoms with Gasteiger partial charge in [0, 0.05) is 37.2 Å². The Hall–Kier alpha value is -5.46. The first-order valence-electron chi connectivity index (χ1n) is 15.9. The molecular formula is C35H33N7O6S2. The number of anilines is 2. The summed E-state index contributed by atoms with van der Waals surface area (Å²) < 4.78 is 37.0. The van der Waals surface area contributed by atoms with Gasteiger partial charge < -0.3 is 20.2 Å². The van der Waals surface area contributed by atoms with Gasteiger partial charge in [-0.1, -0.05) is 86.3 Å². The summed E-state index contributed by atoms with van der Waals surface area (Å²) in [5.74, 6) is 0.209. The second kappa shape index (κ2) is 15.0. The van der Waals surface area contributed by atoms with E-state index in [1.807, 2.05) is 59.5 Å². The van der Waals surface area contributed by atoms with Crippen molar-refractivity contribution in [3.05, 3.63) is 101 Å². The second-order valence-corrected chi connectivity index (χ2v) is 14.6. The van der Waals surface area contributed by atoms with Gasteiger partial charge in [0.1, 0.15) is 17.7 Å². The van der Waals surface area contributed by atoms with E-state index < -0.39 is 26.8 Å². The summed E-state index contributed by atoms with van der Waals surface area (Å²) in [6.07, 6.45) is 0.285. The topological polar surface area (TPSA) is 178 Å². The summed E-state index contributed by atoms with van der Waals surface area (Å²) in [4.78, 5) is 24.0. The standard InChI is InChI=1S/C35H33N7O6S2/c1-23(2)24-13-15-26(16-14-24)37-30(43)22-49-35-38-31(25-9-5-3-6-10-25)29(21-36)32(39-35)41-19-17-27(18-20-41)47-33-34(42(44)48-40-33)50(45,46)28-11-7-4-8-12-28/h3-16,23,27H,17-20,22H2,1-2H3,(H,37,43). The van der Waals surface area contributed by atoms with Gasteiger partial charge in [0.2, 0.25) is 5.91 Å². The van der Waals surface area contributed by atoms with Crippen molar-refractivity contribution in [2.75, 3.05) is 29.1 Å². The molecule has 1 saturated heterocycles. The maximum atomic E-state index is 13.2. The fraction of sp³-hybridized carbons (Fsp3) is 0.257. The van der Waals surface area contributed by atoms with Gasteiger partial charge in [-0.25, -0.2) is 18.4 Å². The first-order valence-corrected chi connectivity index (χ1v) is 18.3. The molecule has 6 rings (SSSR count). The average molecular weight is 712 g/mol. The Kier molecular flexibility index (Phi) is 10.3. The van der Waals surface area contributed by atoms with Crippen molar-refractivity contribution < 1.29 is 27.5 Å². The largest absolute Gasteiger partial charge is 0.451 e. The van der Waals surface area contributed by atoms with Crippen LogP contribution >= 0.6 is 11.8 Å². The fourth-order valence-electron chi connectivity index (χ4n) is 5.48. The predicted molar refractivity (Wildman–Crippen MR) is 185 cm³/mol. The van der Waals surface area contributed by atoms with Crippen LogP contribution in [0.5, 0.6) is 5.88 Å². The van der Waals surface area contributed by atoms with Crippen molar-refractivity contribution in [2.24, 2.45) is 0 Å². The van der Waals surface area contributed by atoms with Crippen LogP contribution in [0.2, 0.25) is 0 Å². The molecule has 15 heteroatoms. The number of amides is 1. The summed E-state index contributed by atoms with van der Waals surface area (Å²) in [5, 5.41) is 28.8. The third kappa shape index (κ3) is 7.56. The Morgan fingerprint density at radius 2 is 1.72 bits per heavy atom. The molecule has 3 heterocycles. The molecule has 0 radical (unpaired) electrons. The van der Waals surface area contributed by atoms with Gasteiger partial charge in [0.15, 0.2) is 11.0 Å². The first-order chi connectivity index (χ1) is 24.1. The molecule has 1 N–H and O–H groups in total. The number of ether oxygens (including phenoxy) is 1. The van der Waals surface area contributed by atoms with E-state index in [1.54, 1.807) is 18.2 Å². The fourth-order valence-corrected chi connectivity index (χ4v) is 7.40. The van der Waals surface area contributed by atoms with Crippen molar-refractivity contribution in [3.8, 4) is 23.2 Å². The van der Waals surface area contributed by atoms with Crippen LogP contribution in [0.15, 0.2) is 105 Å². The molecule has 0 unspecified atom stereocenters. The monoisotopic (exact) mass is 711 g/mol. The molecule has 3 aromatic carbocycles. The van der Waals surface area contributed by atoms with Crippen molar-refractivity contribution >= 4 is 39.0 Å². The molecule has 0 atom stereocenters. The molecule has 1 aliphatic heterocycles. The molecule has 13 nitrogen and oxygen atoms in total. The molecule has 0 saturated carbocycles. The van der Waals surface area contributed by atoms with Crippen LogP contribution in [-0.4, -0.2) is 54.4 Å². The molecule has 50 heavy (non-hydrogen) atoms.